The zero-order chi connectivity index (χ0) is 10.6. The highest BCUT2D eigenvalue weighted by Crippen LogP contribution is 2.68. The Bertz CT molecular complexity index is 216. The van der Waals surface area contributed by atoms with Crippen molar-refractivity contribution in [2.45, 2.75) is 65.4 Å². The summed E-state index contributed by atoms with van der Waals surface area (Å²) in [4.78, 5) is 0. The molecule has 1 nitrogen and oxygen atoms in total. The SMILES string of the molecule is CC(C)CC1(C)CC2(CC(C)(O)C2)C1. The van der Waals surface area contributed by atoms with Crippen molar-refractivity contribution in [1.29, 1.82) is 0 Å². The lowest BCUT2D eigenvalue weighted by Gasteiger charge is -2.65. The topological polar surface area (TPSA) is 20.2 Å². The molecule has 2 rings (SSSR count). The molecule has 1 N–H and O–H groups in total. The molecule has 0 bridgehead atoms. The van der Waals surface area contributed by atoms with Crippen LogP contribution in [0.1, 0.15) is 59.8 Å². The van der Waals surface area contributed by atoms with Crippen LogP contribution >= 0.6 is 0 Å². The summed E-state index contributed by atoms with van der Waals surface area (Å²) >= 11 is 0. The van der Waals surface area contributed by atoms with E-state index in [9.17, 15) is 5.11 Å². The molecule has 0 radical (unpaired) electrons. The Morgan fingerprint density at radius 1 is 1.07 bits per heavy atom. The third-order valence-corrected chi connectivity index (χ3v) is 4.02. The van der Waals surface area contributed by atoms with E-state index in [0.717, 1.165) is 18.8 Å². The van der Waals surface area contributed by atoms with Crippen LogP contribution in [-0.2, 0) is 0 Å². The molecule has 0 unspecified atom stereocenters. The minimum absolute atomic E-state index is 0.334. The Morgan fingerprint density at radius 3 is 1.93 bits per heavy atom. The Kier molecular flexibility index (Phi) is 2.06. The van der Waals surface area contributed by atoms with Gasteiger partial charge in [-0.15, -0.1) is 0 Å². The molecular weight excluding hydrogens is 172 g/mol. The molecule has 0 aromatic carbocycles. The molecule has 0 amide bonds. The summed E-state index contributed by atoms with van der Waals surface area (Å²) in [5, 5.41) is 9.77. The van der Waals surface area contributed by atoms with Gasteiger partial charge in [-0.3, -0.25) is 0 Å². The smallest absolute Gasteiger partial charge is 0.0630 e. The van der Waals surface area contributed by atoms with Gasteiger partial charge in [0.05, 0.1) is 5.60 Å². The van der Waals surface area contributed by atoms with Crippen molar-refractivity contribution in [2.24, 2.45) is 16.7 Å². The maximum Gasteiger partial charge on any atom is 0.0630 e. The zero-order valence-corrected chi connectivity index (χ0v) is 10.1. The fourth-order valence-electron chi connectivity index (χ4n) is 4.70. The van der Waals surface area contributed by atoms with E-state index in [2.05, 4.69) is 20.8 Å². The third-order valence-electron chi connectivity index (χ3n) is 4.02. The molecule has 0 atom stereocenters. The minimum Gasteiger partial charge on any atom is -0.390 e. The quantitative estimate of drug-likeness (QED) is 0.718. The van der Waals surface area contributed by atoms with E-state index in [-0.39, 0.29) is 5.60 Å². The highest BCUT2D eigenvalue weighted by Gasteiger charge is 2.61. The molecule has 2 saturated carbocycles. The fraction of sp³-hybridized carbons (Fsp3) is 1.00. The third kappa shape index (κ3) is 1.71. The number of rotatable bonds is 2. The van der Waals surface area contributed by atoms with Gasteiger partial charge in [0.2, 0.25) is 0 Å². The molecule has 14 heavy (non-hydrogen) atoms. The Morgan fingerprint density at radius 2 is 1.57 bits per heavy atom. The molecule has 0 aromatic rings. The van der Waals surface area contributed by atoms with Crippen molar-refractivity contribution in [3.63, 3.8) is 0 Å². The predicted octanol–water partition coefficient (Wildman–Crippen LogP) is 3.36. The molecule has 1 heteroatoms. The van der Waals surface area contributed by atoms with Gasteiger partial charge in [0, 0.05) is 0 Å². The van der Waals surface area contributed by atoms with Crippen molar-refractivity contribution in [3.8, 4) is 0 Å². The van der Waals surface area contributed by atoms with Gasteiger partial charge in [0.15, 0.2) is 0 Å². The van der Waals surface area contributed by atoms with Crippen molar-refractivity contribution >= 4 is 0 Å². The number of hydrogen-bond acceptors (Lipinski definition) is 1. The summed E-state index contributed by atoms with van der Waals surface area (Å²) in [6, 6.07) is 0. The Balaban J connectivity index is 1.85. The molecule has 2 aliphatic carbocycles. The first-order valence-corrected chi connectivity index (χ1v) is 5.97. The summed E-state index contributed by atoms with van der Waals surface area (Å²) in [6.07, 6.45) is 6.17. The van der Waals surface area contributed by atoms with Crippen LogP contribution in [0.15, 0.2) is 0 Å². The Labute approximate surface area is 87.9 Å². The second-order valence-electron chi connectivity index (χ2n) is 7.11. The molecule has 2 fully saturated rings. The fourth-order valence-corrected chi connectivity index (χ4v) is 4.70. The standard InChI is InChI=1S/C13H24O/c1-10(2)5-11(3)6-13(7-11)8-12(4,14)9-13/h10,14H,5-9H2,1-4H3. The molecule has 2 aliphatic rings. The molecule has 82 valence electrons. The van der Waals surface area contributed by atoms with E-state index >= 15 is 0 Å². The van der Waals surface area contributed by atoms with Crippen LogP contribution in [0.4, 0.5) is 0 Å². The maximum absolute atomic E-state index is 9.77. The van der Waals surface area contributed by atoms with Gasteiger partial charge in [-0.25, -0.2) is 0 Å². The van der Waals surface area contributed by atoms with Crippen LogP contribution in [0.5, 0.6) is 0 Å². The first kappa shape index (κ1) is 10.5. The Hall–Kier alpha value is -0.0400. The first-order chi connectivity index (χ1) is 6.24. The van der Waals surface area contributed by atoms with E-state index in [0.29, 0.717) is 10.8 Å². The average Bonchev–Trinajstić information content (AvgIpc) is 1.75. The van der Waals surface area contributed by atoms with E-state index < -0.39 is 0 Å². The largest absolute Gasteiger partial charge is 0.390 e. The number of hydrogen-bond donors (Lipinski definition) is 1. The highest BCUT2D eigenvalue weighted by molar-refractivity contribution is 5.12. The van der Waals surface area contributed by atoms with E-state index in [1.54, 1.807) is 0 Å². The lowest BCUT2D eigenvalue weighted by atomic mass is 9.41. The van der Waals surface area contributed by atoms with Crippen LogP contribution in [0.3, 0.4) is 0 Å². The lowest BCUT2D eigenvalue weighted by molar-refractivity contribution is -0.200. The van der Waals surface area contributed by atoms with Crippen molar-refractivity contribution in [3.05, 3.63) is 0 Å². The van der Waals surface area contributed by atoms with Crippen LogP contribution in [0, 0.1) is 16.7 Å². The summed E-state index contributed by atoms with van der Waals surface area (Å²) < 4.78 is 0. The van der Waals surface area contributed by atoms with Crippen LogP contribution in [0.2, 0.25) is 0 Å². The summed E-state index contributed by atoms with van der Waals surface area (Å²) in [5.74, 6) is 0.818. The van der Waals surface area contributed by atoms with E-state index in [1.807, 2.05) is 6.92 Å². The van der Waals surface area contributed by atoms with E-state index in [1.165, 1.54) is 19.3 Å². The highest BCUT2D eigenvalue weighted by atomic mass is 16.3. The van der Waals surface area contributed by atoms with Gasteiger partial charge in [-0.05, 0) is 55.8 Å². The van der Waals surface area contributed by atoms with Gasteiger partial charge in [-0.1, -0.05) is 20.8 Å². The zero-order valence-electron chi connectivity index (χ0n) is 10.1. The summed E-state index contributed by atoms with van der Waals surface area (Å²) in [7, 11) is 0. The van der Waals surface area contributed by atoms with Crippen LogP contribution in [-0.4, -0.2) is 10.7 Å². The summed E-state index contributed by atoms with van der Waals surface area (Å²) in [6.45, 7) is 9.03. The minimum atomic E-state index is -0.334. The van der Waals surface area contributed by atoms with Crippen molar-refractivity contribution in [1.82, 2.24) is 0 Å². The second-order valence-corrected chi connectivity index (χ2v) is 7.11. The van der Waals surface area contributed by atoms with Gasteiger partial charge in [-0.2, -0.15) is 0 Å². The van der Waals surface area contributed by atoms with Gasteiger partial charge in [0.1, 0.15) is 0 Å². The van der Waals surface area contributed by atoms with Gasteiger partial charge < -0.3 is 5.11 Å². The predicted molar refractivity (Wildman–Crippen MR) is 59.1 cm³/mol. The van der Waals surface area contributed by atoms with Crippen LogP contribution < -0.4 is 0 Å². The summed E-state index contributed by atoms with van der Waals surface area (Å²) in [5.41, 5.74) is 0.803. The average molecular weight is 196 g/mol. The second kappa shape index (κ2) is 2.75. The van der Waals surface area contributed by atoms with Gasteiger partial charge >= 0.3 is 0 Å². The van der Waals surface area contributed by atoms with Gasteiger partial charge in [0.25, 0.3) is 0 Å². The number of aliphatic hydroxyl groups is 1. The first-order valence-electron chi connectivity index (χ1n) is 5.97. The normalized spacial score (nSPS) is 51.9. The van der Waals surface area contributed by atoms with Crippen LogP contribution in [0.25, 0.3) is 0 Å². The lowest BCUT2D eigenvalue weighted by Crippen LogP contribution is -2.59. The molecule has 1 spiro atoms. The monoisotopic (exact) mass is 196 g/mol. The molecule has 0 aliphatic heterocycles. The maximum atomic E-state index is 9.77. The molecular formula is C13H24O. The molecule has 0 aromatic heterocycles. The van der Waals surface area contributed by atoms with Crippen molar-refractivity contribution in [2.75, 3.05) is 0 Å². The molecule has 0 saturated heterocycles. The van der Waals surface area contributed by atoms with Crippen molar-refractivity contribution < 1.29 is 5.11 Å². The molecule has 0 heterocycles. The van der Waals surface area contributed by atoms with E-state index in [4.69, 9.17) is 0 Å².